The molecule has 0 radical (unpaired) electrons. The molecule has 1 atom stereocenters. The zero-order valence-electron chi connectivity index (χ0n) is 16.8. The molecule has 1 aromatic rings. The van der Waals surface area contributed by atoms with Gasteiger partial charge in [-0.05, 0) is 62.8 Å². The van der Waals surface area contributed by atoms with E-state index in [1.807, 2.05) is 13.8 Å². The van der Waals surface area contributed by atoms with Crippen LogP contribution in [0.5, 0.6) is 5.75 Å². The first-order valence-electron chi connectivity index (χ1n) is 9.77. The Bertz CT molecular complexity index is 746. The third-order valence-corrected chi connectivity index (χ3v) is 6.72. The van der Waals surface area contributed by atoms with E-state index in [2.05, 4.69) is 19.2 Å². The molecule has 1 aliphatic heterocycles. The number of sulfonamides is 1. The molecule has 152 valence electrons. The fourth-order valence-electron chi connectivity index (χ4n) is 3.25. The topological polar surface area (TPSA) is 75.7 Å². The van der Waals surface area contributed by atoms with E-state index in [-0.39, 0.29) is 23.3 Å². The molecule has 1 aromatic carbocycles. The Morgan fingerprint density at radius 3 is 2.74 bits per heavy atom. The number of benzene rings is 1. The lowest BCUT2D eigenvalue weighted by Gasteiger charge is -2.31. The Kier molecular flexibility index (Phi) is 7.68. The van der Waals surface area contributed by atoms with Gasteiger partial charge in [-0.25, -0.2) is 8.42 Å². The monoisotopic (exact) mass is 396 g/mol. The molecule has 1 amide bonds. The van der Waals surface area contributed by atoms with Crippen LogP contribution in [0.4, 0.5) is 0 Å². The number of aryl methyl sites for hydroxylation is 1. The summed E-state index contributed by atoms with van der Waals surface area (Å²) in [6, 6.07) is 4.93. The molecule has 1 fully saturated rings. The number of carbonyl (C=O) groups is 1. The SMILES string of the molecule is CCOc1ccc(S(=O)(=O)N2CCC[C@@H](C(=O)NCCC(C)C)C2)cc1C. The fraction of sp³-hybridized carbons (Fsp3) is 0.650. The van der Waals surface area contributed by atoms with Gasteiger partial charge in [0.2, 0.25) is 15.9 Å². The largest absolute Gasteiger partial charge is 0.494 e. The fourth-order valence-corrected chi connectivity index (χ4v) is 4.86. The molecular weight excluding hydrogens is 364 g/mol. The first-order chi connectivity index (χ1) is 12.8. The van der Waals surface area contributed by atoms with E-state index in [0.717, 1.165) is 18.4 Å². The quantitative estimate of drug-likeness (QED) is 0.733. The van der Waals surface area contributed by atoms with Crippen LogP contribution in [0, 0.1) is 18.8 Å². The molecule has 1 saturated heterocycles. The number of amides is 1. The van der Waals surface area contributed by atoms with Gasteiger partial charge < -0.3 is 10.1 Å². The summed E-state index contributed by atoms with van der Waals surface area (Å²) in [6.45, 7) is 9.81. The van der Waals surface area contributed by atoms with Crippen molar-refractivity contribution in [2.75, 3.05) is 26.2 Å². The standard InChI is InChI=1S/C20H32N2O4S/c1-5-26-19-9-8-18(13-16(19)4)27(24,25)22-12-6-7-17(14-22)20(23)21-11-10-15(2)3/h8-9,13,15,17H,5-7,10-12,14H2,1-4H3,(H,21,23)/t17-/m1/s1. The normalized spacial score (nSPS) is 18.5. The van der Waals surface area contributed by atoms with Gasteiger partial charge in [-0.15, -0.1) is 0 Å². The number of hydrogen-bond donors (Lipinski definition) is 1. The summed E-state index contributed by atoms with van der Waals surface area (Å²) in [7, 11) is -3.62. The predicted octanol–water partition coefficient (Wildman–Crippen LogP) is 2.96. The molecule has 1 N–H and O–H groups in total. The number of carbonyl (C=O) groups excluding carboxylic acids is 1. The van der Waals surface area contributed by atoms with Gasteiger partial charge in [0.15, 0.2) is 0 Å². The van der Waals surface area contributed by atoms with Crippen LogP contribution in [0.2, 0.25) is 0 Å². The van der Waals surface area contributed by atoms with Crippen LogP contribution in [0.3, 0.4) is 0 Å². The Hall–Kier alpha value is -1.60. The highest BCUT2D eigenvalue weighted by Gasteiger charge is 2.33. The van der Waals surface area contributed by atoms with Crippen molar-refractivity contribution in [1.29, 1.82) is 0 Å². The van der Waals surface area contributed by atoms with Crippen LogP contribution in [0.1, 0.15) is 45.6 Å². The first kappa shape index (κ1) is 21.7. The maximum absolute atomic E-state index is 13.0. The van der Waals surface area contributed by atoms with Crippen molar-refractivity contribution in [2.45, 2.75) is 51.9 Å². The van der Waals surface area contributed by atoms with Gasteiger partial charge in [0.05, 0.1) is 17.4 Å². The van der Waals surface area contributed by atoms with Crippen molar-refractivity contribution in [3.05, 3.63) is 23.8 Å². The lowest BCUT2D eigenvalue weighted by atomic mass is 9.98. The van der Waals surface area contributed by atoms with Gasteiger partial charge >= 0.3 is 0 Å². The van der Waals surface area contributed by atoms with Gasteiger partial charge in [0, 0.05) is 19.6 Å². The number of nitrogens with one attached hydrogen (secondary N) is 1. The zero-order valence-corrected chi connectivity index (χ0v) is 17.6. The summed E-state index contributed by atoms with van der Waals surface area (Å²) in [4.78, 5) is 12.7. The smallest absolute Gasteiger partial charge is 0.243 e. The summed E-state index contributed by atoms with van der Waals surface area (Å²) in [5, 5.41) is 2.95. The lowest BCUT2D eigenvalue weighted by molar-refractivity contribution is -0.126. The summed E-state index contributed by atoms with van der Waals surface area (Å²) in [5.74, 6) is 0.886. The number of rotatable bonds is 8. The van der Waals surface area contributed by atoms with E-state index < -0.39 is 10.0 Å². The number of hydrogen-bond acceptors (Lipinski definition) is 4. The number of ether oxygens (including phenoxy) is 1. The van der Waals surface area contributed by atoms with Crippen molar-refractivity contribution >= 4 is 15.9 Å². The van der Waals surface area contributed by atoms with Crippen molar-refractivity contribution in [1.82, 2.24) is 9.62 Å². The van der Waals surface area contributed by atoms with Crippen molar-refractivity contribution in [3.8, 4) is 5.75 Å². The minimum absolute atomic E-state index is 0.0431. The molecule has 0 aromatic heterocycles. The first-order valence-corrected chi connectivity index (χ1v) is 11.2. The van der Waals surface area contributed by atoms with Crippen LogP contribution in [-0.2, 0) is 14.8 Å². The molecule has 0 spiro atoms. The van der Waals surface area contributed by atoms with Gasteiger partial charge in [0.1, 0.15) is 5.75 Å². The molecule has 27 heavy (non-hydrogen) atoms. The van der Waals surface area contributed by atoms with Crippen LogP contribution in [-0.4, -0.2) is 44.9 Å². The molecular formula is C20H32N2O4S. The minimum Gasteiger partial charge on any atom is -0.494 e. The molecule has 6 nitrogen and oxygen atoms in total. The molecule has 1 heterocycles. The Balaban J connectivity index is 2.07. The van der Waals surface area contributed by atoms with Crippen LogP contribution in [0.15, 0.2) is 23.1 Å². The molecule has 0 saturated carbocycles. The predicted molar refractivity (Wildman–Crippen MR) is 106 cm³/mol. The number of nitrogens with zero attached hydrogens (tertiary/aromatic N) is 1. The van der Waals surface area contributed by atoms with Crippen molar-refractivity contribution in [3.63, 3.8) is 0 Å². The molecule has 7 heteroatoms. The van der Waals surface area contributed by atoms with E-state index in [0.29, 0.717) is 37.8 Å². The Morgan fingerprint density at radius 1 is 1.37 bits per heavy atom. The van der Waals surface area contributed by atoms with Gasteiger partial charge in [-0.2, -0.15) is 4.31 Å². The summed E-state index contributed by atoms with van der Waals surface area (Å²) in [6.07, 6.45) is 2.34. The van der Waals surface area contributed by atoms with Crippen molar-refractivity contribution < 1.29 is 17.9 Å². The highest BCUT2D eigenvalue weighted by atomic mass is 32.2. The van der Waals surface area contributed by atoms with Crippen LogP contribution in [0.25, 0.3) is 0 Å². The second-order valence-corrected chi connectivity index (χ2v) is 9.47. The highest BCUT2D eigenvalue weighted by Crippen LogP contribution is 2.27. The van der Waals surface area contributed by atoms with E-state index in [4.69, 9.17) is 4.74 Å². The summed E-state index contributed by atoms with van der Waals surface area (Å²) in [5.41, 5.74) is 0.790. The highest BCUT2D eigenvalue weighted by molar-refractivity contribution is 7.89. The third-order valence-electron chi connectivity index (χ3n) is 4.86. The number of piperidine rings is 1. The molecule has 1 aliphatic rings. The van der Waals surface area contributed by atoms with Crippen molar-refractivity contribution in [2.24, 2.45) is 11.8 Å². The van der Waals surface area contributed by atoms with Gasteiger partial charge in [0.25, 0.3) is 0 Å². The lowest BCUT2D eigenvalue weighted by Crippen LogP contribution is -2.45. The van der Waals surface area contributed by atoms with Crippen LogP contribution < -0.4 is 10.1 Å². The third kappa shape index (κ3) is 5.69. The Morgan fingerprint density at radius 2 is 2.11 bits per heavy atom. The molecule has 0 unspecified atom stereocenters. The maximum Gasteiger partial charge on any atom is 0.243 e. The maximum atomic E-state index is 13.0. The van der Waals surface area contributed by atoms with Gasteiger partial charge in [-0.3, -0.25) is 4.79 Å². The molecule has 0 bridgehead atoms. The summed E-state index contributed by atoms with van der Waals surface area (Å²) >= 11 is 0. The zero-order chi connectivity index (χ0) is 20.0. The second-order valence-electron chi connectivity index (χ2n) is 7.54. The van der Waals surface area contributed by atoms with Gasteiger partial charge in [-0.1, -0.05) is 13.8 Å². The average molecular weight is 397 g/mol. The van der Waals surface area contributed by atoms with E-state index in [9.17, 15) is 13.2 Å². The van der Waals surface area contributed by atoms with Crippen LogP contribution >= 0.6 is 0 Å². The Labute approximate surface area is 163 Å². The molecule has 2 rings (SSSR count). The van der Waals surface area contributed by atoms with E-state index in [1.165, 1.54) is 4.31 Å². The van der Waals surface area contributed by atoms with E-state index in [1.54, 1.807) is 18.2 Å². The minimum atomic E-state index is -3.62. The average Bonchev–Trinajstić information content (AvgIpc) is 2.63. The molecule has 0 aliphatic carbocycles. The van der Waals surface area contributed by atoms with E-state index >= 15 is 0 Å². The second kappa shape index (κ2) is 9.55. The summed E-state index contributed by atoms with van der Waals surface area (Å²) < 4.78 is 33.0.